The number of nitrogens with zero attached hydrogens (tertiary/aromatic N) is 2. The van der Waals surface area contributed by atoms with Crippen molar-refractivity contribution in [3.05, 3.63) is 17.3 Å². The number of halogens is 1. The van der Waals surface area contributed by atoms with Gasteiger partial charge in [0.15, 0.2) is 0 Å². The highest BCUT2D eigenvalue weighted by molar-refractivity contribution is 6.33. The molecule has 2 rings (SSSR count). The lowest BCUT2D eigenvalue weighted by atomic mass is 9.97. The highest BCUT2D eigenvalue weighted by Gasteiger charge is 2.18. The van der Waals surface area contributed by atoms with Crippen LogP contribution in [-0.4, -0.2) is 36.1 Å². The summed E-state index contributed by atoms with van der Waals surface area (Å²) in [6.45, 7) is 6.72. The largest absolute Gasteiger partial charge is 0.397 e. The van der Waals surface area contributed by atoms with Gasteiger partial charge in [-0.15, -0.1) is 0 Å². The minimum absolute atomic E-state index is 0.598. The van der Waals surface area contributed by atoms with E-state index in [0.29, 0.717) is 16.6 Å². The Morgan fingerprint density at radius 1 is 1.50 bits per heavy atom. The average Bonchev–Trinajstić information content (AvgIpc) is 2.38. The molecule has 2 heterocycles. The Bertz CT molecular complexity index is 389. The number of likely N-dealkylation sites (tertiary alicyclic amines) is 1. The Morgan fingerprint density at radius 3 is 2.83 bits per heavy atom. The van der Waals surface area contributed by atoms with Gasteiger partial charge in [-0.3, -0.25) is 0 Å². The second kappa shape index (κ2) is 6.25. The molecule has 0 unspecified atom stereocenters. The van der Waals surface area contributed by atoms with Gasteiger partial charge in [-0.05, 0) is 44.5 Å². The van der Waals surface area contributed by atoms with Crippen molar-refractivity contribution in [2.45, 2.75) is 19.8 Å². The Morgan fingerprint density at radius 2 is 2.22 bits per heavy atom. The molecule has 1 aromatic heterocycles. The SMILES string of the molecule is CCN1CCC(CNc2ncc(N)cc2Cl)CC1. The van der Waals surface area contributed by atoms with E-state index in [-0.39, 0.29) is 0 Å². The monoisotopic (exact) mass is 268 g/mol. The predicted molar refractivity (Wildman–Crippen MR) is 77.0 cm³/mol. The Hall–Kier alpha value is -1.00. The summed E-state index contributed by atoms with van der Waals surface area (Å²) in [7, 11) is 0. The van der Waals surface area contributed by atoms with Gasteiger partial charge in [0.25, 0.3) is 0 Å². The second-order valence-corrected chi connectivity index (χ2v) is 5.26. The van der Waals surface area contributed by atoms with Crippen molar-refractivity contribution in [1.82, 2.24) is 9.88 Å². The Balaban J connectivity index is 1.81. The van der Waals surface area contributed by atoms with Crippen LogP contribution in [-0.2, 0) is 0 Å². The molecule has 0 spiro atoms. The maximum atomic E-state index is 6.08. The van der Waals surface area contributed by atoms with Crippen molar-refractivity contribution in [2.24, 2.45) is 5.92 Å². The molecule has 0 aliphatic carbocycles. The first kappa shape index (κ1) is 13.4. The minimum Gasteiger partial charge on any atom is -0.397 e. The molecule has 0 saturated carbocycles. The number of anilines is 2. The van der Waals surface area contributed by atoms with E-state index < -0.39 is 0 Å². The summed E-state index contributed by atoms with van der Waals surface area (Å²) in [5.74, 6) is 1.45. The lowest BCUT2D eigenvalue weighted by Crippen LogP contribution is -2.35. The maximum Gasteiger partial charge on any atom is 0.144 e. The summed E-state index contributed by atoms with van der Waals surface area (Å²) in [5, 5.41) is 3.92. The normalized spacial score (nSPS) is 17.9. The standard InChI is InChI=1S/C13H21ClN4/c1-2-18-5-3-10(4-6-18)8-16-13-12(14)7-11(15)9-17-13/h7,9-10H,2-6,8,15H2,1H3,(H,16,17). The zero-order valence-electron chi connectivity index (χ0n) is 10.8. The van der Waals surface area contributed by atoms with Crippen molar-refractivity contribution in [1.29, 1.82) is 0 Å². The molecular weight excluding hydrogens is 248 g/mol. The molecule has 1 aromatic rings. The molecule has 3 N–H and O–H groups in total. The van der Waals surface area contributed by atoms with Gasteiger partial charge in [-0.25, -0.2) is 4.98 Å². The molecule has 0 radical (unpaired) electrons. The first-order chi connectivity index (χ1) is 8.69. The second-order valence-electron chi connectivity index (χ2n) is 4.86. The number of hydrogen-bond acceptors (Lipinski definition) is 4. The van der Waals surface area contributed by atoms with Crippen LogP contribution in [0.4, 0.5) is 11.5 Å². The van der Waals surface area contributed by atoms with Crippen LogP contribution in [0.2, 0.25) is 5.02 Å². The van der Waals surface area contributed by atoms with Gasteiger partial charge in [0.05, 0.1) is 16.9 Å². The van der Waals surface area contributed by atoms with Crippen LogP contribution in [0.1, 0.15) is 19.8 Å². The zero-order chi connectivity index (χ0) is 13.0. The lowest BCUT2D eigenvalue weighted by molar-refractivity contribution is 0.198. The Kier molecular flexibility index (Phi) is 4.66. The number of nitrogens with two attached hydrogens (primary N) is 1. The third-order valence-corrected chi connectivity index (χ3v) is 3.86. The first-order valence-corrected chi connectivity index (χ1v) is 6.94. The van der Waals surface area contributed by atoms with Crippen molar-refractivity contribution in [2.75, 3.05) is 37.2 Å². The smallest absolute Gasteiger partial charge is 0.144 e. The molecule has 1 aliphatic heterocycles. The number of rotatable bonds is 4. The summed E-state index contributed by atoms with van der Waals surface area (Å²) in [6.07, 6.45) is 4.12. The van der Waals surface area contributed by atoms with Crippen LogP contribution in [0.15, 0.2) is 12.3 Å². The van der Waals surface area contributed by atoms with E-state index >= 15 is 0 Å². The molecule has 0 aromatic carbocycles. The highest BCUT2D eigenvalue weighted by Crippen LogP contribution is 2.23. The average molecular weight is 269 g/mol. The highest BCUT2D eigenvalue weighted by atomic mass is 35.5. The van der Waals surface area contributed by atoms with Crippen LogP contribution >= 0.6 is 11.6 Å². The molecule has 4 nitrogen and oxygen atoms in total. The van der Waals surface area contributed by atoms with Gasteiger partial charge in [0.1, 0.15) is 5.82 Å². The first-order valence-electron chi connectivity index (χ1n) is 6.56. The number of pyridine rings is 1. The Labute approximate surface area is 114 Å². The summed E-state index contributed by atoms with van der Waals surface area (Å²) in [6, 6.07) is 1.73. The molecule has 18 heavy (non-hydrogen) atoms. The number of aromatic nitrogens is 1. The van der Waals surface area contributed by atoms with Crippen LogP contribution in [0, 0.1) is 5.92 Å². The van der Waals surface area contributed by atoms with Crippen LogP contribution in [0.5, 0.6) is 0 Å². The summed E-state index contributed by atoms with van der Waals surface area (Å²) in [4.78, 5) is 6.71. The van der Waals surface area contributed by atoms with Crippen LogP contribution in [0.3, 0.4) is 0 Å². The molecule has 0 atom stereocenters. The van der Waals surface area contributed by atoms with Gasteiger partial charge in [0.2, 0.25) is 0 Å². The van der Waals surface area contributed by atoms with Crippen LogP contribution in [0.25, 0.3) is 0 Å². The predicted octanol–water partition coefficient (Wildman–Crippen LogP) is 2.46. The minimum atomic E-state index is 0.598. The van der Waals surface area contributed by atoms with Crippen molar-refractivity contribution < 1.29 is 0 Å². The molecule has 5 heteroatoms. The van der Waals surface area contributed by atoms with Gasteiger partial charge in [-0.2, -0.15) is 0 Å². The number of hydrogen-bond donors (Lipinski definition) is 2. The van der Waals surface area contributed by atoms with Crippen molar-refractivity contribution >= 4 is 23.1 Å². The van der Waals surface area contributed by atoms with E-state index in [9.17, 15) is 0 Å². The fourth-order valence-electron chi connectivity index (χ4n) is 2.33. The van der Waals surface area contributed by atoms with E-state index in [1.807, 2.05) is 0 Å². The fourth-order valence-corrected chi connectivity index (χ4v) is 2.57. The maximum absolute atomic E-state index is 6.08. The fraction of sp³-hybridized carbons (Fsp3) is 0.615. The molecule has 0 amide bonds. The van der Waals surface area contributed by atoms with E-state index in [4.69, 9.17) is 17.3 Å². The molecule has 1 fully saturated rings. The van der Waals surface area contributed by atoms with Gasteiger partial charge >= 0.3 is 0 Å². The number of nitrogens with one attached hydrogen (secondary N) is 1. The summed E-state index contributed by atoms with van der Waals surface area (Å²) < 4.78 is 0. The number of nitrogen functional groups attached to an aromatic ring is 1. The molecule has 100 valence electrons. The van der Waals surface area contributed by atoms with E-state index in [2.05, 4.69) is 22.1 Å². The third-order valence-electron chi connectivity index (χ3n) is 3.57. The van der Waals surface area contributed by atoms with Gasteiger partial charge in [0, 0.05) is 6.54 Å². The summed E-state index contributed by atoms with van der Waals surface area (Å²) >= 11 is 6.08. The molecular formula is C13H21ClN4. The van der Waals surface area contributed by atoms with Crippen molar-refractivity contribution in [3.63, 3.8) is 0 Å². The van der Waals surface area contributed by atoms with E-state index in [1.165, 1.54) is 25.9 Å². The molecule has 1 aliphatic rings. The van der Waals surface area contributed by atoms with Gasteiger partial charge < -0.3 is 16.0 Å². The van der Waals surface area contributed by atoms with Crippen LogP contribution < -0.4 is 11.1 Å². The summed E-state index contributed by atoms with van der Waals surface area (Å²) in [5.41, 5.74) is 6.22. The molecule has 1 saturated heterocycles. The number of piperidine rings is 1. The quantitative estimate of drug-likeness (QED) is 0.881. The van der Waals surface area contributed by atoms with Crippen molar-refractivity contribution in [3.8, 4) is 0 Å². The van der Waals surface area contributed by atoms with E-state index in [0.717, 1.165) is 18.9 Å². The zero-order valence-corrected chi connectivity index (χ0v) is 11.6. The van der Waals surface area contributed by atoms with E-state index in [1.54, 1.807) is 12.3 Å². The molecule has 0 bridgehead atoms. The topological polar surface area (TPSA) is 54.2 Å². The lowest BCUT2D eigenvalue weighted by Gasteiger charge is -2.31. The third kappa shape index (κ3) is 3.50. The van der Waals surface area contributed by atoms with Gasteiger partial charge in [-0.1, -0.05) is 18.5 Å².